The second-order valence-corrected chi connectivity index (χ2v) is 7.27. The first-order valence-corrected chi connectivity index (χ1v) is 10.0. The number of carbonyl (C=O) groups excluding carboxylic acids is 3. The molecule has 0 saturated carbocycles. The summed E-state index contributed by atoms with van der Waals surface area (Å²) in [4.78, 5) is 40.8. The van der Waals surface area contributed by atoms with Gasteiger partial charge in [-0.2, -0.15) is 0 Å². The molecule has 7 nitrogen and oxygen atoms in total. The van der Waals surface area contributed by atoms with E-state index in [4.69, 9.17) is 9.47 Å². The fourth-order valence-corrected chi connectivity index (χ4v) is 3.88. The molecule has 0 N–H and O–H groups in total. The number of hydrogen-bond acceptors (Lipinski definition) is 5. The van der Waals surface area contributed by atoms with Crippen molar-refractivity contribution in [2.45, 2.75) is 45.3 Å². The summed E-state index contributed by atoms with van der Waals surface area (Å²) in [5.74, 6) is -0.619. The highest BCUT2D eigenvalue weighted by molar-refractivity contribution is 5.87. The van der Waals surface area contributed by atoms with Crippen LogP contribution in [-0.2, 0) is 25.7 Å². The van der Waals surface area contributed by atoms with Gasteiger partial charge in [-0.3, -0.25) is 14.5 Å². The quantitative estimate of drug-likeness (QED) is 0.725. The van der Waals surface area contributed by atoms with Gasteiger partial charge in [-0.15, -0.1) is 0 Å². The highest BCUT2D eigenvalue weighted by Crippen LogP contribution is 2.24. The molecule has 0 aromatic heterocycles. The van der Waals surface area contributed by atoms with Crippen LogP contribution in [0.15, 0.2) is 30.3 Å². The van der Waals surface area contributed by atoms with Crippen molar-refractivity contribution in [1.82, 2.24) is 9.80 Å². The zero-order valence-electron chi connectivity index (χ0n) is 16.3. The molecule has 0 radical (unpaired) electrons. The lowest BCUT2D eigenvalue weighted by atomic mass is 9.97. The molecule has 0 bridgehead atoms. The molecular formula is C21H28N2O5. The van der Waals surface area contributed by atoms with Crippen LogP contribution < -0.4 is 0 Å². The highest BCUT2D eigenvalue weighted by Gasteiger charge is 2.39. The Bertz CT molecular complexity index is 693. The normalized spacial score (nSPS) is 22.0. The molecule has 152 valence electrons. The molecule has 0 spiro atoms. The van der Waals surface area contributed by atoms with Crippen LogP contribution in [-0.4, -0.2) is 60.1 Å². The van der Waals surface area contributed by atoms with Gasteiger partial charge < -0.3 is 14.4 Å². The van der Waals surface area contributed by atoms with Gasteiger partial charge >= 0.3 is 12.1 Å². The van der Waals surface area contributed by atoms with Crippen molar-refractivity contribution in [3.63, 3.8) is 0 Å². The van der Waals surface area contributed by atoms with Crippen molar-refractivity contribution in [3.05, 3.63) is 35.9 Å². The van der Waals surface area contributed by atoms with E-state index in [-0.39, 0.29) is 24.4 Å². The summed E-state index contributed by atoms with van der Waals surface area (Å²) in [5.41, 5.74) is 0.909. The first kappa shape index (κ1) is 20.2. The maximum Gasteiger partial charge on any atom is 0.410 e. The van der Waals surface area contributed by atoms with Gasteiger partial charge in [0.1, 0.15) is 12.6 Å². The molecule has 1 aromatic rings. The Kier molecular flexibility index (Phi) is 6.90. The topological polar surface area (TPSA) is 76.2 Å². The zero-order valence-corrected chi connectivity index (χ0v) is 16.3. The molecule has 2 unspecified atom stereocenters. The van der Waals surface area contributed by atoms with Gasteiger partial charge in [0.2, 0.25) is 5.91 Å². The van der Waals surface area contributed by atoms with Gasteiger partial charge in [-0.25, -0.2) is 4.79 Å². The number of ether oxygens (including phenoxy) is 2. The first-order valence-electron chi connectivity index (χ1n) is 10.0. The van der Waals surface area contributed by atoms with E-state index in [2.05, 4.69) is 0 Å². The van der Waals surface area contributed by atoms with Crippen LogP contribution >= 0.6 is 0 Å². The predicted octanol–water partition coefficient (Wildman–Crippen LogP) is 2.59. The van der Waals surface area contributed by atoms with E-state index in [9.17, 15) is 14.4 Å². The van der Waals surface area contributed by atoms with E-state index >= 15 is 0 Å². The predicted molar refractivity (Wildman–Crippen MR) is 102 cm³/mol. The number of esters is 1. The molecule has 2 saturated heterocycles. The number of amides is 2. The number of rotatable bonds is 5. The average Bonchev–Trinajstić information content (AvgIpc) is 3.22. The number of hydrogen-bond donors (Lipinski definition) is 0. The number of carbonyl (C=O) groups is 3. The second kappa shape index (κ2) is 9.57. The van der Waals surface area contributed by atoms with Crippen LogP contribution in [0.5, 0.6) is 0 Å². The van der Waals surface area contributed by atoms with Crippen LogP contribution in [0.1, 0.15) is 38.2 Å². The van der Waals surface area contributed by atoms with Crippen molar-refractivity contribution in [3.8, 4) is 0 Å². The molecule has 7 heteroatoms. The zero-order chi connectivity index (χ0) is 19.9. The van der Waals surface area contributed by atoms with Gasteiger partial charge in [-0.1, -0.05) is 30.3 Å². The summed E-state index contributed by atoms with van der Waals surface area (Å²) in [7, 11) is 0. The lowest BCUT2D eigenvalue weighted by molar-refractivity contribution is -0.152. The number of benzene rings is 1. The molecule has 2 heterocycles. The summed E-state index contributed by atoms with van der Waals surface area (Å²) < 4.78 is 10.5. The average molecular weight is 388 g/mol. The van der Waals surface area contributed by atoms with Crippen LogP contribution in [0.4, 0.5) is 4.79 Å². The van der Waals surface area contributed by atoms with Crippen LogP contribution in [0, 0.1) is 5.92 Å². The SMILES string of the molecule is CCOC(=O)C1CCCN(C(=O)C2CCCN2C(=O)OCc2ccccc2)C1. The Balaban J connectivity index is 1.57. The number of piperidine rings is 1. The summed E-state index contributed by atoms with van der Waals surface area (Å²) in [6.07, 6.45) is 2.43. The summed E-state index contributed by atoms with van der Waals surface area (Å²) >= 11 is 0. The molecule has 28 heavy (non-hydrogen) atoms. The van der Waals surface area contributed by atoms with Gasteiger partial charge in [-0.05, 0) is 38.2 Å². The third-order valence-electron chi connectivity index (χ3n) is 5.33. The Morgan fingerprint density at radius 2 is 1.79 bits per heavy atom. The maximum absolute atomic E-state index is 13.0. The molecular weight excluding hydrogens is 360 g/mol. The first-order chi connectivity index (χ1) is 13.6. The Hall–Kier alpha value is -2.57. The van der Waals surface area contributed by atoms with Crippen LogP contribution in [0.25, 0.3) is 0 Å². The molecule has 2 atom stereocenters. The van der Waals surface area contributed by atoms with Gasteiger partial charge in [0, 0.05) is 19.6 Å². The minimum Gasteiger partial charge on any atom is -0.466 e. The largest absolute Gasteiger partial charge is 0.466 e. The van der Waals surface area contributed by atoms with Gasteiger partial charge in [0.05, 0.1) is 12.5 Å². The fraction of sp³-hybridized carbons (Fsp3) is 0.571. The Morgan fingerprint density at radius 3 is 2.54 bits per heavy atom. The monoisotopic (exact) mass is 388 g/mol. The second-order valence-electron chi connectivity index (χ2n) is 7.27. The summed E-state index contributed by atoms with van der Waals surface area (Å²) in [6.45, 7) is 3.79. The van der Waals surface area contributed by atoms with Crippen molar-refractivity contribution >= 4 is 18.0 Å². The maximum atomic E-state index is 13.0. The molecule has 2 aliphatic rings. The van der Waals surface area contributed by atoms with E-state index in [0.717, 1.165) is 24.8 Å². The minimum atomic E-state index is -0.510. The molecule has 2 amide bonds. The van der Waals surface area contributed by atoms with Crippen molar-refractivity contribution in [1.29, 1.82) is 0 Å². The summed E-state index contributed by atoms with van der Waals surface area (Å²) in [5, 5.41) is 0. The van der Waals surface area contributed by atoms with Gasteiger partial charge in [0.25, 0.3) is 0 Å². The van der Waals surface area contributed by atoms with Crippen molar-refractivity contribution in [2.24, 2.45) is 5.92 Å². The van der Waals surface area contributed by atoms with Crippen molar-refractivity contribution < 1.29 is 23.9 Å². The highest BCUT2D eigenvalue weighted by atomic mass is 16.6. The lowest BCUT2D eigenvalue weighted by Crippen LogP contribution is -2.51. The molecule has 2 aliphatic heterocycles. The van der Waals surface area contributed by atoms with E-state index in [0.29, 0.717) is 32.7 Å². The van der Waals surface area contributed by atoms with E-state index in [1.165, 1.54) is 4.90 Å². The van der Waals surface area contributed by atoms with E-state index < -0.39 is 12.1 Å². The van der Waals surface area contributed by atoms with Crippen LogP contribution in [0.3, 0.4) is 0 Å². The molecule has 2 fully saturated rings. The summed E-state index contributed by atoms with van der Waals surface area (Å²) in [6, 6.07) is 8.96. The smallest absolute Gasteiger partial charge is 0.410 e. The Labute approximate surface area is 165 Å². The third-order valence-corrected chi connectivity index (χ3v) is 5.33. The standard InChI is InChI=1S/C21H28N2O5/c1-2-27-20(25)17-10-6-12-22(14-17)19(24)18-11-7-13-23(18)21(26)28-15-16-8-4-3-5-9-16/h3-5,8-9,17-18H,2,6-7,10-15H2,1H3. The number of nitrogens with zero attached hydrogens (tertiary/aromatic N) is 2. The van der Waals surface area contributed by atoms with Gasteiger partial charge in [0.15, 0.2) is 0 Å². The van der Waals surface area contributed by atoms with Crippen LogP contribution in [0.2, 0.25) is 0 Å². The van der Waals surface area contributed by atoms with Crippen molar-refractivity contribution in [2.75, 3.05) is 26.2 Å². The fourth-order valence-electron chi connectivity index (χ4n) is 3.88. The molecule has 3 rings (SSSR count). The van der Waals surface area contributed by atoms with E-state index in [1.807, 2.05) is 30.3 Å². The molecule has 0 aliphatic carbocycles. The lowest BCUT2D eigenvalue weighted by Gasteiger charge is -2.35. The van der Waals surface area contributed by atoms with E-state index in [1.54, 1.807) is 11.8 Å². The third kappa shape index (κ3) is 4.82. The number of likely N-dealkylation sites (tertiary alicyclic amines) is 2. The minimum absolute atomic E-state index is 0.0943. The molecule has 1 aromatic carbocycles. The Morgan fingerprint density at radius 1 is 1.04 bits per heavy atom.